The molecule has 6 heteroatoms. The van der Waals surface area contributed by atoms with E-state index < -0.39 is 18.2 Å². The van der Waals surface area contributed by atoms with Crippen LogP contribution in [0.1, 0.15) is 252 Å². The normalized spacial score (nSPS) is 13.8. The molecule has 3 N–H and O–H groups in total. The lowest BCUT2D eigenvalue weighted by Crippen LogP contribution is -2.46. The molecule has 0 aromatic carbocycles. The number of amides is 1. The summed E-state index contributed by atoms with van der Waals surface area (Å²) in [5, 5.41) is 23.7. The first-order chi connectivity index (χ1) is 31.0. The zero-order valence-corrected chi connectivity index (χ0v) is 41.4. The predicted octanol–water partition coefficient (Wildman–Crippen LogP) is 16.2. The molecule has 0 aliphatic heterocycles. The first-order valence-corrected chi connectivity index (χ1v) is 26.7. The summed E-state index contributed by atoms with van der Waals surface area (Å²) in [5.74, 6) is -0.626. The SMILES string of the molecule is CC/C=C\C/C=C\C/C=C\C/C=C\C/C=C\C/C=C\C(CC(=O)NC(CO)C(O)CCCCCCCCCCCCCCCC)OC(=O)CCCCCCCCCCCCCCC. The second-order valence-electron chi connectivity index (χ2n) is 17.9. The van der Waals surface area contributed by atoms with Crippen molar-refractivity contribution in [3.8, 4) is 0 Å². The molecule has 0 bridgehead atoms. The average Bonchev–Trinajstić information content (AvgIpc) is 3.28. The van der Waals surface area contributed by atoms with E-state index in [9.17, 15) is 19.8 Å². The molecule has 3 atom stereocenters. The fourth-order valence-electron chi connectivity index (χ4n) is 7.78. The van der Waals surface area contributed by atoms with Gasteiger partial charge in [0.1, 0.15) is 6.10 Å². The highest BCUT2D eigenvalue weighted by atomic mass is 16.5. The number of aliphatic hydroxyl groups is 2. The fourth-order valence-corrected chi connectivity index (χ4v) is 7.78. The number of nitrogens with one attached hydrogen (secondary N) is 1. The smallest absolute Gasteiger partial charge is 0.306 e. The van der Waals surface area contributed by atoms with Crippen molar-refractivity contribution in [3.05, 3.63) is 72.9 Å². The Kier molecular flexibility index (Phi) is 48.1. The largest absolute Gasteiger partial charge is 0.458 e. The lowest BCUT2D eigenvalue weighted by atomic mass is 10.0. The van der Waals surface area contributed by atoms with Crippen molar-refractivity contribution in [2.75, 3.05) is 6.61 Å². The van der Waals surface area contributed by atoms with Gasteiger partial charge in [0.2, 0.25) is 5.91 Å². The summed E-state index contributed by atoms with van der Waals surface area (Å²) in [5.41, 5.74) is 0. The molecule has 0 fully saturated rings. The van der Waals surface area contributed by atoms with Crippen LogP contribution in [0.25, 0.3) is 0 Å². The number of allylic oxidation sites excluding steroid dienone is 11. The number of aliphatic hydroxyl groups excluding tert-OH is 2. The van der Waals surface area contributed by atoms with Crippen LogP contribution in [0.3, 0.4) is 0 Å². The Balaban J connectivity index is 4.74. The maximum absolute atomic E-state index is 13.2. The van der Waals surface area contributed by atoms with Gasteiger partial charge < -0.3 is 20.3 Å². The van der Waals surface area contributed by atoms with Gasteiger partial charge in [-0.05, 0) is 57.4 Å². The maximum atomic E-state index is 13.2. The minimum atomic E-state index is -0.821. The lowest BCUT2D eigenvalue weighted by Gasteiger charge is -2.23. The van der Waals surface area contributed by atoms with Crippen LogP contribution in [-0.4, -0.2) is 46.9 Å². The number of esters is 1. The van der Waals surface area contributed by atoms with Gasteiger partial charge in [-0.2, -0.15) is 0 Å². The molecule has 364 valence electrons. The summed E-state index contributed by atoms with van der Waals surface area (Å²) in [6.07, 6.45) is 64.2. The Morgan fingerprint density at radius 2 is 0.825 bits per heavy atom. The molecule has 0 radical (unpaired) electrons. The summed E-state index contributed by atoms with van der Waals surface area (Å²) in [6, 6.07) is -0.744. The molecule has 3 unspecified atom stereocenters. The monoisotopic (exact) mass is 880 g/mol. The van der Waals surface area contributed by atoms with Crippen molar-refractivity contribution < 1.29 is 24.5 Å². The highest BCUT2D eigenvalue weighted by Crippen LogP contribution is 2.16. The van der Waals surface area contributed by atoms with Crippen molar-refractivity contribution in [2.45, 2.75) is 270 Å². The van der Waals surface area contributed by atoms with Gasteiger partial charge in [-0.25, -0.2) is 0 Å². The minimum absolute atomic E-state index is 0.0470. The van der Waals surface area contributed by atoms with E-state index in [1.54, 1.807) is 6.08 Å². The number of carbonyl (C=O) groups is 2. The highest BCUT2D eigenvalue weighted by Gasteiger charge is 2.23. The van der Waals surface area contributed by atoms with Gasteiger partial charge >= 0.3 is 5.97 Å². The van der Waals surface area contributed by atoms with Crippen LogP contribution in [0.5, 0.6) is 0 Å². The molecule has 0 aromatic rings. The number of hydrogen-bond acceptors (Lipinski definition) is 5. The molecule has 0 rings (SSSR count). The second-order valence-corrected chi connectivity index (χ2v) is 17.9. The van der Waals surface area contributed by atoms with E-state index in [0.29, 0.717) is 19.3 Å². The zero-order chi connectivity index (χ0) is 45.9. The van der Waals surface area contributed by atoms with Gasteiger partial charge in [-0.1, -0.05) is 255 Å². The van der Waals surface area contributed by atoms with Crippen LogP contribution in [0, 0.1) is 0 Å². The third kappa shape index (κ3) is 45.7. The first kappa shape index (κ1) is 60.3. The van der Waals surface area contributed by atoms with Gasteiger partial charge in [-0.3, -0.25) is 9.59 Å². The zero-order valence-electron chi connectivity index (χ0n) is 41.4. The fraction of sp³-hybridized carbons (Fsp3) is 0.754. The molecule has 1 amide bonds. The van der Waals surface area contributed by atoms with E-state index in [-0.39, 0.29) is 24.9 Å². The van der Waals surface area contributed by atoms with E-state index in [1.807, 2.05) is 6.08 Å². The van der Waals surface area contributed by atoms with Crippen LogP contribution < -0.4 is 5.32 Å². The summed E-state index contributed by atoms with van der Waals surface area (Å²) in [4.78, 5) is 26.1. The Hall–Kier alpha value is -2.70. The second kappa shape index (κ2) is 50.3. The molecule has 0 aliphatic carbocycles. The number of ether oxygens (including phenoxy) is 1. The van der Waals surface area contributed by atoms with Crippen LogP contribution in [0.4, 0.5) is 0 Å². The van der Waals surface area contributed by atoms with Gasteiger partial charge in [0.05, 0.1) is 25.2 Å². The van der Waals surface area contributed by atoms with E-state index in [0.717, 1.165) is 70.6 Å². The van der Waals surface area contributed by atoms with E-state index in [4.69, 9.17) is 4.74 Å². The summed E-state index contributed by atoms with van der Waals surface area (Å²) in [7, 11) is 0. The highest BCUT2D eigenvalue weighted by molar-refractivity contribution is 5.78. The summed E-state index contributed by atoms with van der Waals surface area (Å²) >= 11 is 0. The van der Waals surface area contributed by atoms with Crippen molar-refractivity contribution in [1.82, 2.24) is 5.32 Å². The van der Waals surface area contributed by atoms with Gasteiger partial charge in [0.25, 0.3) is 0 Å². The van der Waals surface area contributed by atoms with Gasteiger partial charge in [-0.15, -0.1) is 0 Å². The Morgan fingerprint density at radius 3 is 1.21 bits per heavy atom. The Morgan fingerprint density at radius 1 is 0.476 bits per heavy atom. The van der Waals surface area contributed by atoms with Gasteiger partial charge in [0.15, 0.2) is 0 Å². The number of rotatable bonds is 47. The quantitative estimate of drug-likeness (QED) is 0.0321. The third-order valence-electron chi connectivity index (χ3n) is 11.8. The summed E-state index contributed by atoms with van der Waals surface area (Å²) in [6.45, 7) is 6.34. The topological polar surface area (TPSA) is 95.9 Å². The molecule has 0 aromatic heterocycles. The Bertz CT molecular complexity index is 1170. The molecular weight excluding hydrogens is 779 g/mol. The van der Waals surface area contributed by atoms with Crippen LogP contribution >= 0.6 is 0 Å². The maximum Gasteiger partial charge on any atom is 0.306 e. The van der Waals surface area contributed by atoms with Crippen LogP contribution in [0.15, 0.2) is 72.9 Å². The molecular formula is C57H101NO5. The molecule has 0 spiro atoms. The van der Waals surface area contributed by atoms with E-state index >= 15 is 0 Å². The molecule has 0 aliphatic rings. The van der Waals surface area contributed by atoms with E-state index in [2.05, 4.69) is 86.8 Å². The first-order valence-electron chi connectivity index (χ1n) is 26.7. The number of carbonyl (C=O) groups excluding carboxylic acids is 2. The summed E-state index contributed by atoms with van der Waals surface area (Å²) < 4.78 is 5.83. The molecule has 0 saturated heterocycles. The molecule has 0 heterocycles. The molecule has 0 saturated carbocycles. The number of unbranched alkanes of at least 4 members (excludes halogenated alkanes) is 25. The molecule has 63 heavy (non-hydrogen) atoms. The van der Waals surface area contributed by atoms with Crippen molar-refractivity contribution in [1.29, 1.82) is 0 Å². The standard InChI is InChI=1S/C57H101NO5/c1-4-7-10-13-16-19-22-25-27-28-29-31-33-36-39-42-45-48-53(63-57(62)50-47-44-41-38-35-30-24-21-18-15-12-9-6-3)51-56(61)58-54(52-59)55(60)49-46-43-40-37-34-32-26-23-20-17-14-11-8-5-2/h7,10,16,19,25,27,29,31,36,39,45,48,53-55,59-60H,4-6,8-9,11-15,17-18,20-24,26,28,30,32-35,37-38,40-44,46-47,49-52H2,1-3H3,(H,58,61)/b10-7-,19-16-,27-25-,31-29-,39-36-,48-45-. The average molecular weight is 880 g/mol. The Labute approximate surface area is 390 Å². The van der Waals surface area contributed by atoms with Crippen LogP contribution in [0.2, 0.25) is 0 Å². The third-order valence-corrected chi connectivity index (χ3v) is 11.8. The molecule has 6 nitrogen and oxygen atoms in total. The van der Waals surface area contributed by atoms with Crippen LogP contribution in [-0.2, 0) is 14.3 Å². The van der Waals surface area contributed by atoms with Gasteiger partial charge in [0, 0.05) is 6.42 Å². The minimum Gasteiger partial charge on any atom is -0.458 e. The van der Waals surface area contributed by atoms with Crippen molar-refractivity contribution >= 4 is 11.9 Å². The number of hydrogen-bond donors (Lipinski definition) is 3. The van der Waals surface area contributed by atoms with E-state index in [1.165, 1.54) is 135 Å². The predicted molar refractivity (Wildman–Crippen MR) is 273 cm³/mol. The van der Waals surface area contributed by atoms with Crippen molar-refractivity contribution in [2.24, 2.45) is 0 Å². The van der Waals surface area contributed by atoms with Crippen molar-refractivity contribution in [3.63, 3.8) is 0 Å². The lowest BCUT2D eigenvalue weighted by molar-refractivity contribution is -0.148.